The first-order valence-electron chi connectivity index (χ1n) is 18.2. The van der Waals surface area contributed by atoms with E-state index in [9.17, 15) is 22.9 Å². The highest BCUT2D eigenvalue weighted by Gasteiger charge is 2.24. The Labute approximate surface area is 272 Å². The van der Waals surface area contributed by atoms with Crippen LogP contribution in [0.3, 0.4) is 0 Å². The predicted octanol–water partition coefficient (Wildman–Crippen LogP) is 10.2. The van der Waals surface area contributed by atoms with Crippen molar-refractivity contribution >= 4 is 16.0 Å². The molecule has 0 aliphatic heterocycles. The monoisotopic (exact) mass is 639 g/mol. The van der Waals surface area contributed by atoms with Crippen molar-refractivity contribution in [1.82, 2.24) is 5.32 Å². The zero-order valence-electron chi connectivity index (χ0n) is 28.5. The fourth-order valence-corrected chi connectivity index (χ4v) is 6.04. The molecule has 2 atom stereocenters. The van der Waals surface area contributed by atoms with E-state index in [4.69, 9.17) is 0 Å². The van der Waals surface area contributed by atoms with Gasteiger partial charge >= 0.3 is 0 Å². The van der Waals surface area contributed by atoms with Gasteiger partial charge in [0.2, 0.25) is 5.91 Å². The van der Waals surface area contributed by atoms with E-state index in [1.165, 1.54) is 89.9 Å². The van der Waals surface area contributed by atoms with Crippen LogP contribution in [0.4, 0.5) is 0 Å². The standard InChI is InChI=1S/C37H69NO5S/c1-3-5-7-9-11-13-15-17-18-19-21-23-25-27-29-31-33-37(40)38-35(34-44(41,42)43)36(39)32-30-28-26-24-22-20-16-14-12-10-8-6-4-2/h13,15,18-19,30,32,35-36,39H,3-12,14,16-17,20-29,31,33-34H2,1-2H3,(H,38,40)(H,41,42,43)/b15-13-,19-18-,32-30+. The van der Waals surface area contributed by atoms with E-state index in [1.807, 2.05) is 6.08 Å². The van der Waals surface area contributed by atoms with Crippen molar-refractivity contribution in [2.45, 2.75) is 187 Å². The molecule has 0 fully saturated rings. The number of amides is 1. The summed E-state index contributed by atoms with van der Waals surface area (Å²) < 4.78 is 32.3. The van der Waals surface area contributed by atoms with Crippen LogP contribution < -0.4 is 5.32 Å². The molecule has 2 unspecified atom stereocenters. The molecule has 0 aromatic heterocycles. The van der Waals surface area contributed by atoms with Crippen molar-refractivity contribution in [3.8, 4) is 0 Å². The molecule has 258 valence electrons. The maximum atomic E-state index is 12.4. The van der Waals surface area contributed by atoms with Gasteiger partial charge in [-0.1, -0.05) is 153 Å². The van der Waals surface area contributed by atoms with Gasteiger partial charge in [0.1, 0.15) is 0 Å². The number of rotatable bonds is 32. The van der Waals surface area contributed by atoms with Crippen molar-refractivity contribution < 1.29 is 22.9 Å². The number of aliphatic hydroxyl groups excluding tert-OH is 1. The van der Waals surface area contributed by atoms with Gasteiger partial charge in [-0.05, 0) is 51.4 Å². The molecule has 44 heavy (non-hydrogen) atoms. The molecule has 0 aliphatic carbocycles. The number of hydrogen-bond acceptors (Lipinski definition) is 4. The van der Waals surface area contributed by atoms with Crippen LogP contribution >= 0.6 is 0 Å². The average molecular weight is 640 g/mol. The molecule has 0 saturated heterocycles. The van der Waals surface area contributed by atoms with Crippen molar-refractivity contribution in [3.63, 3.8) is 0 Å². The van der Waals surface area contributed by atoms with E-state index in [0.29, 0.717) is 6.42 Å². The molecule has 0 heterocycles. The Morgan fingerprint density at radius 3 is 1.50 bits per heavy atom. The lowest BCUT2D eigenvalue weighted by molar-refractivity contribution is -0.122. The maximum absolute atomic E-state index is 12.4. The quantitative estimate of drug-likeness (QED) is 0.0386. The smallest absolute Gasteiger partial charge is 0.267 e. The first-order chi connectivity index (χ1) is 21.3. The lowest BCUT2D eigenvalue weighted by Gasteiger charge is -2.21. The summed E-state index contributed by atoms with van der Waals surface area (Å²) in [6, 6.07) is -1.06. The van der Waals surface area contributed by atoms with Crippen LogP contribution in [0.1, 0.15) is 174 Å². The summed E-state index contributed by atoms with van der Waals surface area (Å²) in [7, 11) is -4.34. The highest BCUT2D eigenvalue weighted by molar-refractivity contribution is 7.85. The molecule has 6 nitrogen and oxygen atoms in total. The lowest BCUT2D eigenvalue weighted by Crippen LogP contribution is -2.46. The molecule has 3 N–H and O–H groups in total. The summed E-state index contributed by atoms with van der Waals surface area (Å²) in [5.74, 6) is -0.997. The first-order valence-corrected chi connectivity index (χ1v) is 19.8. The number of hydrogen-bond donors (Lipinski definition) is 3. The molecule has 0 spiro atoms. The van der Waals surface area contributed by atoms with Crippen LogP contribution in [0, 0.1) is 0 Å². The van der Waals surface area contributed by atoms with Gasteiger partial charge in [-0.2, -0.15) is 8.42 Å². The molecule has 0 aromatic carbocycles. The zero-order chi connectivity index (χ0) is 32.6. The minimum Gasteiger partial charge on any atom is -0.387 e. The third kappa shape index (κ3) is 32.0. The summed E-state index contributed by atoms with van der Waals surface area (Å²) in [6.07, 6.45) is 39.7. The van der Waals surface area contributed by atoms with E-state index in [0.717, 1.165) is 57.8 Å². The largest absolute Gasteiger partial charge is 0.387 e. The number of carbonyl (C=O) groups excluding carboxylic acids is 1. The molecule has 0 radical (unpaired) electrons. The fraction of sp³-hybridized carbons (Fsp3) is 0.811. The van der Waals surface area contributed by atoms with Crippen molar-refractivity contribution in [1.29, 1.82) is 0 Å². The second kappa shape index (κ2) is 31.5. The minimum absolute atomic E-state index is 0.280. The second-order valence-electron chi connectivity index (χ2n) is 12.5. The maximum Gasteiger partial charge on any atom is 0.267 e. The number of nitrogens with one attached hydrogen (secondary N) is 1. The Morgan fingerprint density at radius 2 is 1.02 bits per heavy atom. The van der Waals surface area contributed by atoms with Gasteiger partial charge < -0.3 is 10.4 Å². The molecule has 0 aliphatic rings. The Hall–Kier alpha value is -1.44. The predicted molar refractivity (Wildman–Crippen MR) is 189 cm³/mol. The Bertz CT molecular complexity index is 837. The average Bonchev–Trinajstić information content (AvgIpc) is 2.98. The molecule has 0 aromatic rings. The molecular weight excluding hydrogens is 570 g/mol. The van der Waals surface area contributed by atoms with Gasteiger partial charge in [-0.25, -0.2) is 0 Å². The van der Waals surface area contributed by atoms with Crippen molar-refractivity contribution in [3.05, 3.63) is 36.5 Å². The van der Waals surface area contributed by atoms with E-state index in [-0.39, 0.29) is 12.3 Å². The molecule has 1 amide bonds. The number of allylic oxidation sites excluding steroid dienone is 5. The van der Waals surface area contributed by atoms with Gasteiger partial charge in [-0.3, -0.25) is 9.35 Å². The van der Waals surface area contributed by atoms with Crippen LogP contribution in [-0.2, 0) is 14.9 Å². The van der Waals surface area contributed by atoms with Gasteiger partial charge in [0, 0.05) is 6.42 Å². The van der Waals surface area contributed by atoms with Gasteiger partial charge in [0.25, 0.3) is 10.1 Å². The summed E-state index contributed by atoms with van der Waals surface area (Å²) in [4.78, 5) is 12.4. The molecular formula is C37H69NO5S. The Kier molecular flexibility index (Phi) is 30.5. The number of unbranched alkanes of at least 4 members (excludes halogenated alkanes) is 20. The molecule has 7 heteroatoms. The zero-order valence-corrected chi connectivity index (χ0v) is 29.3. The molecule has 0 rings (SSSR count). The molecule has 0 saturated carbocycles. The molecule has 0 bridgehead atoms. The van der Waals surface area contributed by atoms with Crippen LogP contribution in [0.25, 0.3) is 0 Å². The second-order valence-corrected chi connectivity index (χ2v) is 14.0. The minimum atomic E-state index is -4.34. The SMILES string of the molecule is CCCCCC/C=C\C/C=C\CCCCCCCC(=O)NC(CS(=O)(=O)O)C(O)/C=C/CCCCCCCCCCCCC. The van der Waals surface area contributed by atoms with Crippen LogP contribution in [0.2, 0.25) is 0 Å². The van der Waals surface area contributed by atoms with Crippen LogP contribution in [0.15, 0.2) is 36.5 Å². The van der Waals surface area contributed by atoms with Crippen molar-refractivity contribution in [2.75, 3.05) is 5.75 Å². The Balaban J connectivity index is 4.03. The summed E-state index contributed by atoms with van der Waals surface area (Å²) in [5, 5.41) is 13.2. The summed E-state index contributed by atoms with van der Waals surface area (Å²) in [5.41, 5.74) is 0. The van der Waals surface area contributed by atoms with E-state index in [2.05, 4.69) is 43.5 Å². The third-order valence-electron chi connectivity index (χ3n) is 8.06. The highest BCUT2D eigenvalue weighted by atomic mass is 32.2. The number of aliphatic hydroxyl groups is 1. The van der Waals surface area contributed by atoms with E-state index < -0.39 is 28.0 Å². The van der Waals surface area contributed by atoms with Crippen LogP contribution in [-0.4, -0.2) is 41.9 Å². The number of carbonyl (C=O) groups is 1. The normalized spacial score (nSPS) is 13.8. The van der Waals surface area contributed by atoms with Crippen LogP contribution in [0.5, 0.6) is 0 Å². The van der Waals surface area contributed by atoms with E-state index >= 15 is 0 Å². The Morgan fingerprint density at radius 1 is 0.614 bits per heavy atom. The summed E-state index contributed by atoms with van der Waals surface area (Å²) >= 11 is 0. The van der Waals surface area contributed by atoms with Gasteiger partial charge in [0.05, 0.1) is 17.9 Å². The van der Waals surface area contributed by atoms with Gasteiger partial charge in [-0.15, -0.1) is 0 Å². The third-order valence-corrected chi connectivity index (χ3v) is 8.84. The topological polar surface area (TPSA) is 104 Å². The highest BCUT2D eigenvalue weighted by Crippen LogP contribution is 2.13. The van der Waals surface area contributed by atoms with Crippen molar-refractivity contribution in [2.24, 2.45) is 0 Å². The fourth-order valence-electron chi connectivity index (χ4n) is 5.30. The first kappa shape index (κ1) is 42.6. The van der Waals surface area contributed by atoms with Gasteiger partial charge in [0.15, 0.2) is 0 Å². The lowest BCUT2D eigenvalue weighted by atomic mass is 10.0. The van der Waals surface area contributed by atoms with E-state index in [1.54, 1.807) is 6.08 Å². The summed E-state index contributed by atoms with van der Waals surface area (Å²) in [6.45, 7) is 4.48.